The van der Waals surface area contributed by atoms with Gasteiger partial charge in [-0.05, 0) is 19.4 Å². The Morgan fingerprint density at radius 2 is 2.16 bits per heavy atom. The van der Waals surface area contributed by atoms with Crippen LogP contribution in [0.25, 0.3) is 0 Å². The molecule has 0 atom stereocenters. The zero-order valence-corrected chi connectivity index (χ0v) is 11.7. The summed E-state index contributed by atoms with van der Waals surface area (Å²) in [5.41, 5.74) is 1.48. The summed E-state index contributed by atoms with van der Waals surface area (Å²) in [4.78, 5) is 25.7. The van der Waals surface area contributed by atoms with Crippen LogP contribution >= 0.6 is 11.8 Å². The molecule has 0 aliphatic carbocycles. The van der Waals surface area contributed by atoms with Gasteiger partial charge in [0, 0.05) is 18.0 Å². The third-order valence-corrected chi connectivity index (χ3v) is 3.46. The second-order valence-electron chi connectivity index (χ2n) is 3.94. The predicted octanol–water partition coefficient (Wildman–Crippen LogP) is 1.43. The van der Waals surface area contributed by atoms with Gasteiger partial charge in [-0.1, -0.05) is 5.92 Å². The van der Waals surface area contributed by atoms with Crippen LogP contribution in [0.2, 0.25) is 0 Å². The van der Waals surface area contributed by atoms with E-state index in [9.17, 15) is 9.59 Å². The van der Waals surface area contributed by atoms with Gasteiger partial charge in [0.15, 0.2) is 0 Å². The molecule has 0 saturated carbocycles. The molecule has 0 radical (unpaired) electrons. The van der Waals surface area contributed by atoms with Gasteiger partial charge in [-0.3, -0.25) is 4.79 Å². The number of thioether (sulfide) groups is 1. The molecular formula is C13H16N2O3S. The van der Waals surface area contributed by atoms with Crippen LogP contribution in [0.5, 0.6) is 0 Å². The molecule has 19 heavy (non-hydrogen) atoms. The molecular weight excluding hydrogens is 264 g/mol. The molecule has 1 heterocycles. The zero-order chi connectivity index (χ0) is 14.4. The van der Waals surface area contributed by atoms with E-state index in [1.807, 2.05) is 0 Å². The van der Waals surface area contributed by atoms with Crippen molar-refractivity contribution < 1.29 is 14.7 Å². The highest BCUT2D eigenvalue weighted by atomic mass is 32.2. The van der Waals surface area contributed by atoms with E-state index in [0.717, 1.165) is 5.75 Å². The maximum absolute atomic E-state index is 12.0. The van der Waals surface area contributed by atoms with E-state index in [1.165, 1.54) is 0 Å². The molecule has 0 aromatic carbocycles. The number of hydrogen-bond acceptors (Lipinski definition) is 3. The Kier molecular flexibility index (Phi) is 5.52. The Labute approximate surface area is 116 Å². The van der Waals surface area contributed by atoms with Crippen molar-refractivity contribution in [3.8, 4) is 12.3 Å². The summed E-state index contributed by atoms with van der Waals surface area (Å²) in [7, 11) is 0. The highest BCUT2D eigenvalue weighted by Crippen LogP contribution is 2.17. The first-order valence-corrected chi connectivity index (χ1v) is 6.86. The lowest BCUT2D eigenvalue weighted by molar-refractivity contribution is 0.0690. The highest BCUT2D eigenvalue weighted by Gasteiger charge is 2.20. The lowest BCUT2D eigenvalue weighted by Gasteiger charge is -2.05. The largest absolute Gasteiger partial charge is 0.477 e. The van der Waals surface area contributed by atoms with Crippen molar-refractivity contribution in [2.24, 2.45) is 0 Å². The molecule has 1 amide bonds. The molecule has 102 valence electrons. The summed E-state index contributed by atoms with van der Waals surface area (Å²) in [5, 5.41) is 11.7. The van der Waals surface area contributed by atoms with E-state index in [1.54, 1.807) is 25.6 Å². The van der Waals surface area contributed by atoms with Crippen molar-refractivity contribution in [1.82, 2.24) is 10.3 Å². The lowest BCUT2D eigenvalue weighted by Crippen LogP contribution is -2.26. The molecule has 0 aliphatic rings. The minimum absolute atomic E-state index is 0.0596. The summed E-state index contributed by atoms with van der Waals surface area (Å²) in [6, 6.07) is 0. The standard InChI is InChI=1S/C13H16N2O3S/c1-4-6-19-7-5-14-12(16)10-8(2)11(13(17)18)15-9(10)3/h1,15H,5-7H2,2-3H3,(H,14,16)(H,17,18). The van der Waals surface area contributed by atoms with Crippen molar-refractivity contribution in [1.29, 1.82) is 0 Å². The van der Waals surface area contributed by atoms with Gasteiger partial charge in [0.25, 0.3) is 5.91 Å². The van der Waals surface area contributed by atoms with Crippen molar-refractivity contribution in [3.05, 3.63) is 22.5 Å². The van der Waals surface area contributed by atoms with Crippen LogP contribution in [0.4, 0.5) is 0 Å². The molecule has 6 heteroatoms. The zero-order valence-electron chi connectivity index (χ0n) is 10.9. The van der Waals surface area contributed by atoms with Gasteiger partial charge in [-0.15, -0.1) is 18.2 Å². The molecule has 1 aromatic rings. The summed E-state index contributed by atoms with van der Waals surface area (Å²) in [5.74, 6) is 2.51. The number of H-pyrrole nitrogens is 1. The first-order valence-electron chi connectivity index (χ1n) is 5.70. The highest BCUT2D eigenvalue weighted by molar-refractivity contribution is 7.99. The number of aromatic amines is 1. The van der Waals surface area contributed by atoms with Crippen molar-refractivity contribution in [2.45, 2.75) is 13.8 Å². The number of nitrogens with one attached hydrogen (secondary N) is 2. The van der Waals surface area contributed by atoms with Crippen LogP contribution in [-0.2, 0) is 0 Å². The maximum atomic E-state index is 12.0. The number of terminal acetylenes is 1. The molecule has 1 aromatic heterocycles. The van der Waals surface area contributed by atoms with Gasteiger partial charge in [0.2, 0.25) is 0 Å². The Hall–Kier alpha value is -1.87. The summed E-state index contributed by atoms with van der Waals surface area (Å²) in [6.07, 6.45) is 5.11. The van der Waals surface area contributed by atoms with Crippen LogP contribution in [-0.4, -0.2) is 40.0 Å². The monoisotopic (exact) mass is 280 g/mol. The number of hydrogen-bond donors (Lipinski definition) is 3. The fraction of sp³-hybridized carbons (Fsp3) is 0.385. The predicted molar refractivity (Wildman–Crippen MR) is 75.7 cm³/mol. The SMILES string of the molecule is C#CCSCCNC(=O)c1c(C)[nH]c(C(=O)O)c1C. The molecule has 5 nitrogen and oxygen atoms in total. The Bertz CT molecular complexity index is 529. The average Bonchev–Trinajstić information content (AvgIpc) is 2.64. The fourth-order valence-corrected chi connectivity index (χ4v) is 2.27. The van der Waals surface area contributed by atoms with Gasteiger partial charge < -0.3 is 15.4 Å². The summed E-state index contributed by atoms with van der Waals surface area (Å²) in [6.45, 7) is 3.80. The number of carbonyl (C=O) groups excluding carboxylic acids is 1. The molecule has 3 N–H and O–H groups in total. The van der Waals surface area contributed by atoms with E-state index in [-0.39, 0.29) is 11.6 Å². The van der Waals surface area contributed by atoms with Crippen molar-refractivity contribution >= 4 is 23.6 Å². The number of carboxylic acid groups (broad SMARTS) is 1. The van der Waals surface area contributed by atoms with Crippen LogP contribution in [0.3, 0.4) is 0 Å². The Morgan fingerprint density at radius 3 is 2.68 bits per heavy atom. The average molecular weight is 280 g/mol. The lowest BCUT2D eigenvalue weighted by atomic mass is 10.1. The summed E-state index contributed by atoms with van der Waals surface area (Å²) >= 11 is 1.56. The van der Waals surface area contributed by atoms with Gasteiger partial charge >= 0.3 is 5.97 Å². The van der Waals surface area contributed by atoms with Gasteiger partial charge in [0.1, 0.15) is 5.69 Å². The number of rotatable bonds is 6. The van der Waals surface area contributed by atoms with Crippen molar-refractivity contribution in [2.75, 3.05) is 18.1 Å². The molecule has 0 unspecified atom stereocenters. The van der Waals surface area contributed by atoms with E-state index in [2.05, 4.69) is 16.2 Å². The van der Waals surface area contributed by atoms with E-state index in [4.69, 9.17) is 11.5 Å². The fourth-order valence-electron chi connectivity index (χ4n) is 1.76. The topological polar surface area (TPSA) is 82.2 Å². The maximum Gasteiger partial charge on any atom is 0.352 e. The third kappa shape index (κ3) is 3.80. The molecule has 0 bridgehead atoms. The van der Waals surface area contributed by atoms with Crippen LogP contribution in [0.15, 0.2) is 0 Å². The second-order valence-corrected chi connectivity index (χ2v) is 5.05. The number of aryl methyl sites for hydroxylation is 1. The Morgan fingerprint density at radius 1 is 1.47 bits per heavy atom. The third-order valence-electron chi connectivity index (χ3n) is 2.60. The number of carboxylic acids is 1. The quantitative estimate of drug-likeness (QED) is 0.544. The minimum atomic E-state index is -1.07. The molecule has 0 spiro atoms. The van der Waals surface area contributed by atoms with Crippen LogP contribution in [0.1, 0.15) is 32.1 Å². The van der Waals surface area contributed by atoms with Crippen molar-refractivity contribution in [3.63, 3.8) is 0 Å². The van der Waals surface area contributed by atoms with E-state index in [0.29, 0.717) is 29.1 Å². The number of aromatic carboxylic acids is 1. The molecule has 0 saturated heterocycles. The smallest absolute Gasteiger partial charge is 0.352 e. The first-order chi connectivity index (χ1) is 8.99. The number of aromatic nitrogens is 1. The van der Waals surface area contributed by atoms with Crippen LogP contribution in [0, 0.1) is 26.2 Å². The first kappa shape index (κ1) is 15.2. The molecule has 0 aliphatic heterocycles. The second kappa shape index (κ2) is 6.90. The molecule has 1 rings (SSSR count). The van der Waals surface area contributed by atoms with Crippen LogP contribution < -0.4 is 5.32 Å². The number of carbonyl (C=O) groups is 2. The van der Waals surface area contributed by atoms with E-state index >= 15 is 0 Å². The Balaban J connectivity index is 2.68. The van der Waals surface area contributed by atoms with Gasteiger partial charge in [-0.2, -0.15) is 0 Å². The van der Waals surface area contributed by atoms with Gasteiger partial charge in [0.05, 0.1) is 11.3 Å². The summed E-state index contributed by atoms with van der Waals surface area (Å²) < 4.78 is 0. The normalized spacial score (nSPS) is 9.95. The number of amides is 1. The molecule has 0 fully saturated rings. The van der Waals surface area contributed by atoms with E-state index < -0.39 is 5.97 Å². The minimum Gasteiger partial charge on any atom is -0.477 e. The van der Waals surface area contributed by atoms with Gasteiger partial charge in [-0.25, -0.2) is 4.79 Å².